The number of carbonyl (C=O) groups is 1. The lowest BCUT2D eigenvalue weighted by atomic mass is 10.2. The van der Waals surface area contributed by atoms with Crippen LogP contribution in [-0.4, -0.2) is 62.6 Å². The fourth-order valence-corrected chi connectivity index (χ4v) is 4.26. The predicted molar refractivity (Wildman–Crippen MR) is 112 cm³/mol. The molecule has 0 atom stereocenters. The molecule has 0 spiro atoms. The Hall–Kier alpha value is -2.61. The van der Waals surface area contributed by atoms with Crippen molar-refractivity contribution in [3.63, 3.8) is 0 Å². The van der Waals surface area contributed by atoms with Crippen LogP contribution in [-0.2, 0) is 10.5 Å². The molecular weight excluding hydrogens is 372 g/mol. The van der Waals surface area contributed by atoms with Gasteiger partial charge in [0.1, 0.15) is 5.82 Å². The molecule has 28 heavy (non-hydrogen) atoms. The molecular formula is C20H24N6OS. The Morgan fingerprint density at radius 3 is 2.75 bits per heavy atom. The molecule has 0 radical (unpaired) electrons. The van der Waals surface area contributed by atoms with E-state index in [2.05, 4.69) is 32.3 Å². The zero-order chi connectivity index (χ0) is 19.3. The summed E-state index contributed by atoms with van der Waals surface area (Å²) in [4.78, 5) is 16.8. The summed E-state index contributed by atoms with van der Waals surface area (Å²) in [6, 6.07) is 14.2. The molecule has 1 aliphatic heterocycles. The molecule has 3 heterocycles. The van der Waals surface area contributed by atoms with Crippen molar-refractivity contribution < 1.29 is 4.79 Å². The Bertz CT molecular complexity index is 944. The first-order valence-electron chi connectivity index (χ1n) is 9.54. The van der Waals surface area contributed by atoms with Crippen molar-refractivity contribution in [3.8, 4) is 0 Å². The molecule has 8 heteroatoms. The summed E-state index contributed by atoms with van der Waals surface area (Å²) in [5.74, 6) is 3.30. The monoisotopic (exact) mass is 396 g/mol. The van der Waals surface area contributed by atoms with Gasteiger partial charge in [0, 0.05) is 31.9 Å². The largest absolute Gasteiger partial charge is 0.353 e. The molecule has 0 aliphatic carbocycles. The number of nitrogens with zero attached hydrogens (tertiary/aromatic N) is 6. The van der Waals surface area contributed by atoms with E-state index >= 15 is 0 Å². The van der Waals surface area contributed by atoms with E-state index in [1.54, 1.807) is 16.3 Å². The SMILES string of the molecule is Cc1nnc2ccc(N3CCCN(C(=O)CSCc4ccccc4)CC3)nn12. The molecule has 3 aromatic rings. The zero-order valence-corrected chi connectivity index (χ0v) is 16.8. The number of aryl methyl sites for hydroxylation is 1. The Balaban J connectivity index is 1.32. The van der Waals surface area contributed by atoms with E-state index in [0.717, 1.165) is 55.6 Å². The number of hydrogen-bond donors (Lipinski definition) is 0. The van der Waals surface area contributed by atoms with Gasteiger partial charge in [0.2, 0.25) is 5.91 Å². The number of hydrogen-bond acceptors (Lipinski definition) is 6. The van der Waals surface area contributed by atoms with Gasteiger partial charge in [-0.25, -0.2) is 0 Å². The van der Waals surface area contributed by atoms with E-state index in [0.29, 0.717) is 5.75 Å². The third-order valence-electron chi connectivity index (χ3n) is 4.91. The van der Waals surface area contributed by atoms with Crippen LogP contribution in [0.2, 0.25) is 0 Å². The Morgan fingerprint density at radius 2 is 1.89 bits per heavy atom. The van der Waals surface area contributed by atoms with Crippen LogP contribution in [0.4, 0.5) is 5.82 Å². The van der Waals surface area contributed by atoms with Crippen LogP contribution in [0, 0.1) is 6.92 Å². The van der Waals surface area contributed by atoms with Crippen LogP contribution in [0.3, 0.4) is 0 Å². The van der Waals surface area contributed by atoms with Gasteiger partial charge in [-0.05, 0) is 31.0 Å². The molecule has 4 rings (SSSR count). The number of rotatable bonds is 5. The van der Waals surface area contributed by atoms with Gasteiger partial charge in [-0.2, -0.15) is 4.52 Å². The number of benzene rings is 1. The van der Waals surface area contributed by atoms with Crippen LogP contribution in [0.5, 0.6) is 0 Å². The summed E-state index contributed by atoms with van der Waals surface area (Å²) in [7, 11) is 0. The maximum atomic E-state index is 12.6. The highest BCUT2D eigenvalue weighted by Gasteiger charge is 2.20. The fraction of sp³-hybridized carbons (Fsp3) is 0.400. The standard InChI is InChI=1S/C20H24N6OS/c1-16-21-22-18-8-9-19(23-26(16)18)24-10-5-11-25(13-12-24)20(27)15-28-14-17-6-3-2-4-7-17/h2-4,6-9H,5,10-15H2,1H3. The molecule has 2 aromatic heterocycles. The summed E-state index contributed by atoms with van der Waals surface area (Å²) in [5.41, 5.74) is 2.01. The van der Waals surface area contributed by atoms with E-state index in [9.17, 15) is 4.79 Å². The molecule has 0 N–H and O–H groups in total. The molecule has 1 aliphatic rings. The van der Waals surface area contributed by atoms with E-state index in [-0.39, 0.29) is 5.91 Å². The van der Waals surface area contributed by atoms with Crippen molar-refractivity contribution in [1.82, 2.24) is 24.7 Å². The van der Waals surface area contributed by atoms with Crippen molar-refractivity contribution >= 4 is 29.1 Å². The molecule has 0 unspecified atom stereocenters. The van der Waals surface area contributed by atoms with E-state index in [4.69, 9.17) is 0 Å². The van der Waals surface area contributed by atoms with Gasteiger partial charge in [-0.1, -0.05) is 30.3 Å². The maximum Gasteiger partial charge on any atom is 0.232 e. The van der Waals surface area contributed by atoms with Crippen LogP contribution in [0.25, 0.3) is 5.65 Å². The van der Waals surface area contributed by atoms with Crippen molar-refractivity contribution in [1.29, 1.82) is 0 Å². The number of aromatic nitrogens is 4. The van der Waals surface area contributed by atoms with Crippen LogP contribution < -0.4 is 4.90 Å². The van der Waals surface area contributed by atoms with Crippen LogP contribution in [0.15, 0.2) is 42.5 Å². The van der Waals surface area contributed by atoms with Crippen molar-refractivity contribution in [3.05, 3.63) is 53.9 Å². The average Bonchev–Trinajstić information content (AvgIpc) is 2.93. The number of thioether (sulfide) groups is 1. The molecule has 1 saturated heterocycles. The lowest BCUT2D eigenvalue weighted by Gasteiger charge is -2.22. The van der Waals surface area contributed by atoms with E-state index in [1.807, 2.05) is 42.2 Å². The number of carbonyl (C=O) groups excluding carboxylic acids is 1. The van der Waals surface area contributed by atoms with Gasteiger partial charge in [0.05, 0.1) is 5.75 Å². The lowest BCUT2D eigenvalue weighted by molar-refractivity contribution is -0.128. The highest BCUT2D eigenvalue weighted by Crippen LogP contribution is 2.17. The predicted octanol–water partition coefficient (Wildman–Crippen LogP) is 2.40. The highest BCUT2D eigenvalue weighted by atomic mass is 32.2. The third-order valence-corrected chi connectivity index (χ3v) is 5.90. The van der Waals surface area contributed by atoms with Crippen molar-refractivity contribution in [2.45, 2.75) is 19.1 Å². The van der Waals surface area contributed by atoms with Crippen molar-refractivity contribution in [2.24, 2.45) is 0 Å². The zero-order valence-electron chi connectivity index (χ0n) is 16.0. The fourth-order valence-electron chi connectivity index (χ4n) is 3.37. The minimum absolute atomic E-state index is 0.223. The third kappa shape index (κ3) is 4.27. The minimum Gasteiger partial charge on any atom is -0.353 e. The molecule has 1 aromatic carbocycles. The second kappa shape index (κ2) is 8.60. The van der Waals surface area contributed by atoms with E-state index < -0.39 is 0 Å². The summed E-state index contributed by atoms with van der Waals surface area (Å²) in [6.07, 6.45) is 0.940. The van der Waals surface area contributed by atoms with Gasteiger partial charge < -0.3 is 9.80 Å². The first-order chi connectivity index (χ1) is 13.7. The lowest BCUT2D eigenvalue weighted by Crippen LogP contribution is -2.36. The highest BCUT2D eigenvalue weighted by molar-refractivity contribution is 7.99. The molecule has 7 nitrogen and oxygen atoms in total. The summed E-state index contributed by atoms with van der Waals surface area (Å²) < 4.78 is 1.77. The van der Waals surface area contributed by atoms with Crippen LogP contribution >= 0.6 is 11.8 Å². The summed E-state index contributed by atoms with van der Waals surface area (Å²) in [5, 5.41) is 12.8. The molecule has 0 bridgehead atoms. The number of amides is 1. The minimum atomic E-state index is 0.223. The van der Waals surface area contributed by atoms with Crippen LogP contribution in [0.1, 0.15) is 17.8 Å². The van der Waals surface area contributed by atoms with E-state index in [1.165, 1.54) is 5.56 Å². The smallest absolute Gasteiger partial charge is 0.232 e. The van der Waals surface area contributed by atoms with Gasteiger partial charge >= 0.3 is 0 Å². The maximum absolute atomic E-state index is 12.6. The second-order valence-electron chi connectivity index (χ2n) is 6.91. The second-order valence-corrected chi connectivity index (χ2v) is 7.89. The summed E-state index contributed by atoms with van der Waals surface area (Å²) >= 11 is 1.68. The normalized spacial score (nSPS) is 15.0. The summed E-state index contributed by atoms with van der Waals surface area (Å²) in [6.45, 7) is 5.10. The topological polar surface area (TPSA) is 66.6 Å². The van der Waals surface area contributed by atoms with Crippen molar-refractivity contribution in [2.75, 3.05) is 36.8 Å². The Morgan fingerprint density at radius 1 is 1.04 bits per heavy atom. The van der Waals surface area contributed by atoms with Gasteiger partial charge in [-0.15, -0.1) is 27.1 Å². The molecule has 1 fully saturated rings. The Kier molecular flexibility index (Phi) is 5.76. The molecule has 1 amide bonds. The number of anilines is 1. The number of fused-ring (bicyclic) bond motifs is 1. The quantitative estimate of drug-likeness (QED) is 0.660. The Labute approximate surface area is 168 Å². The van der Waals surface area contributed by atoms with Gasteiger partial charge in [0.25, 0.3) is 0 Å². The van der Waals surface area contributed by atoms with Gasteiger partial charge in [0.15, 0.2) is 11.5 Å². The average molecular weight is 397 g/mol. The molecule has 0 saturated carbocycles. The first kappa shape index (κ1) is 18.7. The van der Waals surface area contributed by atoms with Gasteiger partial charge in [-0.3, -0.25) is 4.79 Å². The first-order valence-corrected chi connectivity index (χ1v) is 10.7. The molecule has 146 valence electrons.